The molecule has 2 aliphatic rings. The number of rotatable bonds is 8. The summed E-state index contributed by atoms with van der Waals surface area (Å²) in [7, 11) is 1.73. The zero-order chi connectivity index (χ0) is 29.0. The molecule has 3 amide bonds. The number of hydroxylamine groups is 2. The lowest BCUT2D eigenvalue weighted by molar-refractivity contribution is -0.0746. The van der Waals surface area contributed by atoms with E-state index in [9.17, 15) is 27.9 Å². The lowest BCUT2D eigenvalue weighted by atomic mass is 9.91. The van der Waals surface area contributed by atoms with E-state index in [2.05, 4.69) is 10.2 Å². The quantitative estimate of drug-likeness (QED) is 0.306. The second-order valence-electron chi connectivity index (χ2n) is 10.1. The Labute approximate surface area is 234 Å². The third-order valence-corrected chi connectivity index (χ3v) is 8.00. The number of hydrogen-bond donors (Lipinski definition) is 2. The third kappa shape index (κ3) is 7.31. The zero-order valence-corrected chi connectivity index (χ0v) is 22.8. The Morgan fingerprint density at radius 1 is 1.15 bits per heavy atom. The summed E-state index contributed by atoms with van der Waals surface area (Å²) in [6.45, 7) is 3.60. The minimum absolute atomic E-state index is 0.00269. The van der Waals surface area contributed by atoms with Gasteiger partial charge in [-0.3, -0.25) is 0 Å². The molecule has 2 aromatic carbocycles. The SMILES string of the molecule is CC(CN1CC2CCC(C1)C2N(C)C(=O)Nc1ccc(SC(F)(F)F)cc1)N(Oc1ccc(C#N)cc1)C(=O)O. The van der Waals surface area contributed by atoms with E-state index in [1.807, 2.05) is 6.07 Å². The van der Waals surface area contributed by atoms with Crippen LogP contribution < -0.4 is 10.2 Å². The number of benzene rings is 2. The number of carbonyl (C=O) groups excluding carboxylic acids is 1. The molecular formula is C27H30F3N5O4S. The lowest BCUT2D eigenvalue weighted by Crippen LogP contribution is -2.56. The van der Waals surface area contributed by atoms with E-state index in [1.165, 1.54) is 24.3 Å². The van der Waals surface area contributed by atoms with Crippen LogP contribution in [0, 0.1) is 23.2 Å². The van der Waals surface area contributed by atoms with Crippen LogP contribution in [0.1, 0.15) is 25.3 Å². The van der Waals surface area contributed by atoms with Crippen LogP contribution in [0.25, 0.3) is 0 Å². The van der Waals surface area contributed by atoms with E-state index in [-0.39, 0.29) is 40.6 Å². The molecule has 2 bridgehead atoms. The number of amides is 3. The van der Waals surface area contributed by atoms with Gasteiger partial charge in [0.1, 0.15) is 0 Å². The Morgan fingerprint density at radius 3 is 2.27 bits per heavy atom. The van der Waals surface area contributed by atoms with Gasteiger partial charge in [0, 0.05) is 43.3 Å². The molecule has 40 heavy (non-hydrogen) atoms. The number of halogens is 3. The molecule has 0 radical (unpaired) electrons. The fourth-order valence-electron chi connectivity index (χ4n) is 5.63. The predicted molar refractivity (Wildman–Crippen MR) is 143 cm³/mol. The molecule has 1 aliphatic heterocycles. The van der Waals surface area contributed by atoms with Gasteiger partial charge in [-0.2, -0.15) is 18.4 Å². The standard InChI is InChI=1S/C27H30F3N5O4S/c1-17(35(26(37)38)39-22-9-3-18(13-31)4-10-22)14-34-15-19-5-6-20(16-34)24(19)33(2)25(36)32-21-7-11-23(12-8-21)40-27(28,29)30/h3-4,7-12,17,19-20,24H,5-6,14-16H2,1-2H3,(H,32,36)(H,37,38). The molecular weight excluding hydrogens is 547 g/mol. The van der Waals surface area contributed by atoms with E-state index >= 15 is 0 Å². The van der Waals surface area contributed by atoms with E-state index < -0.39 is 17.6 Å². The average Bonchev–Trinajstić information content (AvgIpc) is 3.16. The summed E-state index contributed by atoms with van der Waals surface area (Å²) in [5, 5.41) is 22.4. The first-order valence-corrected chi connectivity index (χ1v) is 13.6. The predicted octanol–water partition coefficient (Wildman–Crippen LogP) is 5.71. The highest BCUT2D eigenvalue weighted by atomic mass is 32.2. The minimum Gasteiger partial charge on any atom is -0.463 e. The van der Waals surface area contributed by atoms with E-state index in [0.29, 0.717) is 36.6 Å². The van der Waals surface area contributed by atoms with Crippen molar-refractivity contribution in [2.75, 3.05) is 32.0 Å². The van der Waals surface area contributed by atoms with Crippen molar-refractivity contribution in [3.63, 3.8) is 0 Å². The number of nitrogens with zero attached hydrogens (tertiary/aromatic N) is 4. The van der Waals surface area contributed by atoms with Crippen LogP contribution in [0.3, 0.4) is 0 Å². The Kier molecular flexibility index (Phi) is 9.00. The van der Waals surface area contributed by atoms with Gasteiger partial charge in [-0.05, 0) is 91.9 Å². The number of carbonyl (C=O) groups is 2. The summed E-state index contributed by atoms with van der Waals surface area (Å²) in [4.78, 5) is 34.4. The zero-order valence-electron chi connectivity index (χ0n) is 22.0. The van der Waals surface area contributed by atoms with Crippen molar-refractivity contribution in [1.29, 1.82) is 5.26 Å². The van der Waals surface area contributed by atoms with Crippen LogP contribution in [-0.2, 0) is 0 Å². The number of piperidine rings is 1. The minimum atomic E-state index is -4.37. The summed E-state index contributed by atoms with van der Waals surface area (Å²) in [6.07, 6.45) is 0.646. The van der Waals surface area contributed by atoms with E-state index in [4.69, 9.17) is 10.1 Å². The van der Waals surface area contributed by atoms with Crippen LogP contribution in [0.2, 0.25) is 0 Å². The monoisotopic (exact) mass is 577 g/mol. The van der Waals surface area contributed by atoms with Crippen LogP contribution >= 0.6 is 11.8 Å². The van der Waals surface area contributed by atoms with Gasteiger partial charge in [0.05, 0.1) is 17.7 Å². The highest BCUT2D eigenvalue weighted by Gasteiger charge is 2.45. The maximum atomic E-state index is 13.0. The van der Waals surface area contributed by atoms with Crippen molar-refractivity contribution in [2.45, 2.75) is 42.3 Å². The molecule has 1 aliphatic carbocycles. The Morgan fingerprint density at radius 2 is 1.75 bits per heavy atom. The normalized spacial score (nSPS) is 21.2. The number of nitriles is 1. The molecule has 13 heteroatoms. The summed E-state index contributed by atoms with van der Waals surface area (Å²) in [6, 6.07) is 12.9. The molecule has 0 spiro atoms. The average molecular weight is 578 g/mol. The first kappa shape index (κ1) is 29.4. The number of alkyl halides is 3. The maximum Gasteiger partial charge on any atom is 0.446 e. The molecule has 3 unspecified atom stereocenters. The molecule has 2 N–H and O–H groups in total. The van der Waals surface area contributed by atoms with Crippen molar-refractivity contribution in [3.8, 4) is 11.8 Å². The Hall–Kier alpha value is -3.63. The third-order valence-electron chi connectivity index (χ3n) is 7.26. The molecule has 3 atom stereocenters. The number of carboxylic acid groups (broad SMARTS) is 1. The summed E-state index contributed by atoms with van der Waals surface area (Å²) in [5.74, 6) is 0.711. The van der Waals surface area contributed by atoms with Gasteiger partial charge in [-0.1, -0.05) is 0 Å². The largest absolute Gasteiger partial charge is 0.463 e. The molecule has 1 saturated heterocycles. The lowest BCUT2D eigenvalue weighted by Gasteiger charge is -2.43. The van der Waals surface area contributed by atoms with Gasteiger partial charge in [0.2, 0.25) is 0 Å². The second-order valence-corrected chi connectivity index (χ2v) is 11.2. The van der Waals surface area contributed by atoms with Gasteiger partial charge in [0.15, 0.2) is 5.75 Å². The van der Waals surface area contributed by atoms with Crippen molar-refractivity contribution in [1.82, 2.24) is 14.9 Å². The fourth-order valence-corrected chi connectivity index (χ4v) is 6.17. The first-order chi connectivity index (χ1) is 18.9. The van der Waals surface area contributed by atoms with Crippen LogP contribution in [-0.4, -0.2) is 76.4 Å². The Bertz CT molecular complexity index is 1220. The van der Waals surface area contributed by atoms with Crippen molar-refractivity contribution in [2.24, 2.45) is 11.8 Å². The van der Waals surface area contributed by atoms with Crippen molar-refractivity contribution >= 4 is 29.6 Å². The number of likely N-dealkylation sites (tertiary alicyclic amines) is 1. The van der Waals surface area contributed by atoms with Crippen LogP contribution in [0.15, 0.2) is 53.4 Å². The first-order valence-electron chi connectivity index (χ1n) is 12.8. The fraction of sp³-hybridized carbons (Fsp3) is 0.444. The number of thioether (sulfide) groups is 1. The molecule has 2 aromatic rings. The number of fused-ring (bicyclic) bond motifs is 2. The molecule has 2 fully saturated rings. The molecule has 4 rings (SSSR count). The van der Waals surface area contributed by atoms with Gasteiger partial charge >= 0.3 is 17.6 Å². The number of anilines is 1. The maximum absolute atomic E-state index is 13.0. The van der Waals surface area contributed by atoms with Crippen LogP contribution in [0.5, 0.6) is 5.75 Å². The van der Waals surface area contributed by atoms with Crippen molar-refractivity contribution < 1.29 is 32.7 Å². The molecule has 1 heterocycles. The highest BCUT2D eigenvalue weighted by Crippen LogP contribution is 2.40. The molecule has 1 saturated carbocycles. The molecule has 9 nitrogen and oxygen atoms in total. The van der Waals surface area contributed by atoms with Crippen molar-refractivity contribution in [3.05, 3.63) is 54.1 Å². The van der Waals surface area contributed by atoms with Crippen LogP contribution in [0.4, 0.5) is 28.4 Å². The molecule has 0 aromatic heterocycles. The number of hydrogen-bond acceptors (Lipinski definition) is 6. The summed E-state index contributed by atoms with van der Waals surface area (Å²) < 4.78 is 37.7. The highest BCUT2D eigenvalue weighted by molar-refractivity contribution is 8.00. The topological polar surface area (TPSA) is 109 Å². The summed E-state index contributed by atoms with van der Waals surface area (Å²) in [5.41, 5.74) is -3.52. The Balaban J connectivity index is 1.32. The summed E-state index contributed by atoms with van der Waals surface area (Å²) >= 11 is -0.207. The molecule has 214 valence electrons. The van der Waals surface area contributed by atoms with Gasteiger partial charge < -0.3 is 25.1 Å². The second kappa shape index (κ2) is 12.3. The van der Waals surface area contributed by atoms with Gasteiger partial charge in [-0.15, -0.1) is 5.06 Å². The number of urea groups is 1. The van der Waals surface area contributed by atoms with E-state index in [1.54, 1.807) is 43.1 Å². The van der Waals surface area contributed by atoms with Gasteiger partial charge in [0.25, 0.3) is 0 Å². The number of nitrogens with one attached hydrogen (secondary N) is 1. The van der Waals surface area contributed by atoms with E-state index in [0.717, 1.165) is 17.9 Å². The van der Waals surface area contributed by atoms with Gasteiger partial charge in [-0.25, -0.2) is 9.59 Å². The smallest absolute Gasteiger partial charge is 0.446 e.